The van der Waals surface area contributed by atoms with Gasteiger partial charge in [0.15, 0.2) is 0 Å². The molecule has 0 radical (unpaired) electrons. The van der Waals surface area contributed by atoms with E-state index >= 15 is 0 Å². The minimum atomic E-state index is -0.282. The van der Waals surface area contributed by atoms with Crippen LogP contribution < -0.4 is 0 Å². The standard InChI is InChI=1S/C22H27BO5/c1-16-20(24-13-17-9-5-3-6-10-17)22(25-14-18-11-7-4-8-12-18)21-19(27-16)15-26-23(2)28-21/h3-12,16,19-22H,13-15H2,1-2H3. The molecule has 5 atom stereocenters. The minimum absolute atomic E-state index is 0.119. The Bertz CT molecular complexity index is 728. The summed E-state index contributed by atoms with van der Waals surface area (Å²) in [6, 6.07) is 20.3. The molecule has 0 saturated carbocycles. The van der Waals surface area contributed by atoms with Gasteiger partial charge in [0, 0.05) is 0 Å². The molecule has 28 heavy (non-hydrogen) atoms. The smallest absolute Gasteiger partial charge is 0.408 e. The van der Waals surface area contributed by atoms with Crippen molar-refractivity contribution >= 4 is 7.12 Å². The maximum atomic E-state index is 6.37. The van der Waals surface area contributed by atoms with Crippen LogP contribution in [0.5, 0.6) is 0 Å². The first-order valence-electron chi connectivity index (χ1n) is 9.94. The summed E-state index contributed by atoms with van der Waals surface area (Å²) >= 11 is 0. The monoisotopic (exact) mass is 382 g/mol. The van der Waals surface area contributed by atoms with Gasteiger partial charge >= 0.3 is 7.12 Å². The molecular weight excluding hydrogens is 355 g/mol. The van der Waals surface area contributed by atoms with Crippen LogP contribution in [0, 0.1) is 0 Å². The largest absolute Gasteiger partial charge is 0.454 e. The highest BCUT2D eigenvalue weighted by atomic mass is 16.7. The molecule has 2 heterocycles. The summed E-state index contributed by atoms with van der Waals surface area (Å²) in [7, 11) is -0.282. The van der Waals surface area contributed by atoms with Crippen LogP contribution in [0.3, 0.4) is 0 Å². The maximum Gasteiger partial charge on any atom is 0.454 e. The summed E-state index contributed by atoms with van der Waals surface area (Å²) < 4.78 is 30.5. The Kier molecular flexibility index (Phi) is 6.45. The minimum Gasteiger partial charge on any atom is -0.408 e. The Morgan fingerprint density at radius 1 is 0.893 bits per heavy atom. The van der Waals surface area contributed by atoms with E-state index in [0.717, 1.165) is 11.1 Å². The van der Waals surface area contributed by atoms with Crippen LogP contribution >= 0.6 is 0 Å². The third-order valence-electron chi connectivity index (χ3n) is 5.28. The fourth-order valence-electron chi connectivity index (χ4n) is 3.84. The van der Waals surface area contributed by atoms with Gasteiger partial charge in [-0.3, -0.25) is 0 Å². The van der Waals surface area contributed by atoms with Gasteiger partial charge in [0.05, 0.1) is 32.0 Å². The lowest BCUT2D eigenvalue weighted by molar-refractivity contribution is -0.259. The molecule has 0 amide bonds. The van der Waals surface area contributed by atoms with Gasteiger partial charge in [-0.2, -0.15) is 0 Å². The topological polar surface area (TPSA) is 46.2 Å². The van der Waals surface area contributed by atoms with Crippen molar-refractivity contribution in [2.75, 3.05) is 6.61 Å². The number of rotatable bonds is 6. The van der Waals surface area contributed by atoms with Crippen molar-refractivity contribution in [3.8, 4) is 0 Å². The number of hydrogen-bond donors (Lipinski definition) is 0. The molecule has 0 spiro atoms. The van der Waals surface area contributed by atoms with Crippen molar-refractivity contribution < 1.29 is 23.5 Å². The number of hydrogen-bond acceptors (Lipinski definition) is 5. The highest BCUT2D eigenvalue weighted by molar-refractivity contribution is 6.42. The molecule has 5 unspecified atom stereocenters. The van der Waals surface area contributed by atoms with Gasteiger partial charge in [0.1, 0.15) is 18.3 Å². The SMILES string of the molecule is CB1OCC2OC(C)C(OCc3ccccc3)C(OCc3ccccc3)C2O1. The van der Waals surface area contributed by atoms with Crippen LogP contribution in [0.2, 0.25) is 6.82 Å². The maximum absolute atomic E-state index is 6.37. The Hall–Kier alpha value is -1.70. The molecule has 2 aliphatic rings. The van der Waals surface area contributed by atoms with E-state index < -0.39 is 0 Å². The molecule has 2 fully saturated rings. The summed E-state index contributed by atoms with van der Waals surface area (Å²) in [5, 5.41) is 0. The molecule has 6 heteroatoms. The second-order valence-electron chi connectivity index (χ2n) is 7.40. The second kappa shape index (κ2) is 9.20. The van der Waals surface area contributed by atoms with E-state index in [1.165, 1.54) is 0 Å². The van der Waals surface area contributed by atoms with E-state index in [9.17, 15) is 0 Å². The third-order valence-corrected chi connectivity index (χ3v) is 5.28. The summed E-state index contributed by atoms with van der Waals surface area (Å²) in [4.78, 5) is 0. The van der Waals surface area contributed by atoms with Crippen molar-refractivity contribution in [3.63, 3.8) is 0 Å². The van der Waals surface area contributed by atoms with Gasteiger partial charge in [-0.1, -0.05) is 60.7 Å². The fraction of sp³-hybridized carbons (Fsp3) is 0.455. The number of fused-ring (bicyclic) bond motifs is 1. The average molecular weight is 382 g/mol. The second-order valence-corrected chi connectivity index (χ2v) is 7.40. The van der Waals surface area contributed by atoms with Crippen LogP contribution in [-0.4, -0.2) is 44.2 Å². The van der Waals surface area contributed by atoms with Gasteiger partial charge in [0.2, 0.25) is 0 Å². The van der Waals surface area contributed by atoms with Crippen molar-refractivity contribution in [2.45, 2.75) is 57.5 Å². The quantitative estimate of drug-likeness (QED) is 0.716. The highest BCUT2D eigenvalue weighted by Crippen LogP contribution is 2.32. The van der Waals surface area contributed by atoms with E-state index in [1.807, 2.05) is 50.1 Å². The zero-order chi connectivity index (χ0) is 19.3. The molecular formula is C22H27BO5. The number of benzene rings is 2. The molecule has 0 bridgehead atoms. The van der Waals surface area contributed by atoms with Crippen LogP contribution in [0.1, 0.15) is 18.1 Å². The van der Waals surface area contributed by atoms with Crippen LogP contribution in [0.4, 0.5) is 0 Å². The molecule has 2 saturated heterocycles. The molecule has 0 N–H and O–H groups in total. The third kappa shape index (κ3) is 4.65. The van der Waals surface area contributed by atoms with Crippen molar-refractivity contribution in [3.05, 3.63) is 71.8 Å². The average Bonchev–Trinajstić information content (AvgIpc) is 2.73. The first-order chi connectivity index (χ1) is 13.7. The lowest BCUT2D eigenvalue weighted by atomic mass is 9.86. The van der Waals surface area contributed by atoms with Gasteiger partial charge < -0.3 is 23.5 Å². The normalized spacial score (nSPS) is 30.1. The van der Waals surface area contributed by atoms with E-state index in [4.69, 9.17) is 23.5 Å². The summed E-state index contributed by atoms with van der Waals surface area (Å²) in [5.41, 5.74) is 2.25. The molecule has 2 aromatic rings. The fourth-order valence-corrected chi connectivity index (χ4v) is 3.84. The Morgan fingerprint density at radius 2 is 1.46 bits per heavy atom. The summed E-state index contributed by atoms with van der Waals surface area (Å²) in [5.74, 6) is 0. The van der Waals surface area contributed by atoms with Gasteiger partial charge in [-0.25, -0.2) is 0 Å². The highest BCUT2D eigenvalue weighted by Gasteiger charge is 2.49. The summed E-state index contributed by atoms with van der Waals surface area (Å²) in [6.45, 7) is 5.46. The predicted octanol–water partition coefficient (Wildman–Crippen LogP) is 3.48. The van der Waals surface area contributed by atoms with Crippen molar-refractivity contribution in [1.29, 1.82) is 0 Å². The first-order valence-corrected chi connectivity index (χ1v) is 9.94. The Labute approximate surface area is 167 Å². The lowest BCUT2D eigenvalue weighted by Gasteiger charge is -2.48. The predicted molar refractivity (Wildman–Crippen MR) is 107 cm³/mol. The summed E-state index contributed by atoms with van der Waals surface area (Å²) in [6.07, 6.45) is -0.946. The van der Waals surface area contributed by atoms with Gasteiger partial charge in [0.25, 0.3) is 0 Å². The molecule has 2 aromatic carbocycles. The van der Waals surface area contributed by atoms with Crippen molar-refractivity contribution in [1.82, 2.24) is 0 Å². The zero-order valence-corrected chi connectivity index (χ0v) is 16.4. The van der Waals surface area contributed by atoms with E-state index in [1.54, 1.807) is 0 Å². The molecule has 5 nitrogen and oxygen atoms in total. The molecule has 0 aromatic heterocycles. The van der Waals surface area contributed by atoms with Crippen LogP contribution in [0.15, 0.2) is 60.7 Å². The molecule has 4 rings (SSSR count). The van der Waals surface area contributed by atoms with Gasteiger partial charge in [-0.05, 0) is 24.9 Å². The first kappa shape index (κ1) is 19.6. The Balaban J connectivity index is 1.50. The molecule has 148 valence electrons. The lowest BCUT2D eigenvalue weighted by Crippen LogP contribution is -2.63. The van der Waals surface area contributed by atoms with E-state index in [-0.39, 0.29) is 37.6 Å². The Morgan fingerprint density at radius 3 is 2.07 bits per heavy atom. The van der Waals surface area contributed by atoms with Crippen LogP contribution in [0.25, 0.3) is 0 Å². The van der Waals surface area contributed by atoms with E-state index in [0.29, 0.717) is 19.8 Å². The number of ether oxygens (including phenoxy) is 3. The molecule has 0 aliphatic carbocycles. The van der Waals surface area contributed by atoms with Crippen molar-refractivity contribution in [2.24, 2.45) is 0 Å². The van der Waals surface area contributed by atoms with E-state index in [2.05, 4.69) is 24.3 Å². The zero-order valence-electron chi connectivity index (χ0n) is 16.4. The van der Waals surface area contributed by atoms with Gasteiger partial charge in [-0.15, -0.1) is 0 Å². The molecule has 2 aliphatic heterocycles. The van der Waals surface area contributed by atoms with Crippen LogP contribution in [-0.2, 0) is 36.7 Å².